The molecule has 1 aromatic carbocycles. The molecule has 0 spiro atoms. The van der Waals surface area contributed by atoms with E-state index < -0.39 is 0 Å². The molecule has 1 rings (SSSR count). The van der Waals surface area contributed by atoms with Gasteiger partial charge in [-0.05, 0) is 17.5 Å². The molecule has 0 amide bonds. The van der Waals surface area contributed by atoms with Crippen molar-refractivity contribution in [2.45, 2.75) is 32.2 Å². The number of nitriles is 1. The topological polar surface area (TPSA) is 59.0 Å². The third-order valence-corrected chi connectivity index (χ3v) is 2.63. The zero-order chi connectivity index (χ0) is 12.1. The van der Waals surface area contributed by atoms with Crippen molar-refractivity contribution in [2.75, 3.05) is 7.11 Å². The number of hydrogen-bond donors (Lipinski definition) is 1. The summed E-state index contributed by atoms with van der Waals surface area (Å²) in [5.74, 6) is 1.20. The van der Waals surface area contributed by atoms with Crippen molar-refractivity contribution >= 4 is 0 Å². The maximum Gasteiger partial charge on any atom is 0.123 e. The Kier molecular flexibility index (Phi) is 4.33. The first-order valence-electron chi connectivity index (χ1n) is 5.40. The molecule has 0 saturated heterocycles. The van der Waals surface area contributed by atoms with E-state index in [1.54, 1.807) is 7.11 Å². The first kappa shape index (κ1) is 12.5. The molecule has 3 heteroatoms. The van der Waals surface area contributed by atoms with Crippen molar-refractivity contribution < 1.29 is 4.74 Å². The summed E-state index contributed by atoms with van der Waals surface area (Å²) >= 11 is 0. The fourth-order valence-corrected chi connectivity index (χ4v) is 1.61. The Labute approximate surface area is 96.8 Å². The number of benzene rings is 1. The summed E-state index contributed by atoms with van der Waals surface area (Å²) in [6.45, 7) is 4.25. The number of nitrogens with two attached hydrogens (primary N) is 1. The maximum absolute atomic E-state index is 8.67. The van der Waals surface area contributed by atoms with Gasteiger partial charge in [-0.25, -0.2) is 0 Å². The first-order valence-corrected chi connectivity index (χ1v) is 5.40. The van der Waals surface area contributed by atoms with Gasteiger partial charge in [0.05, 0.1) is 19.6 Å². The van der Waals surface area contributed by atoms with Gasteiger partial charge in [0.1, 0.15) is 5.75 Å². The SMILES string of the molecule is COc1ccc(C(C)C)cc1[C@@H](N)CC#N. The summed E-state index contributed by atoms with van der Waals surface area (Å²) in [6.07, 6.45) is 0.303. The lowest BCUT2D eigenvalue weighted by Gasteiger charge is -2.16. The highest BCUT2D eigenvalue weighted by Gasteiger charge is 2.13. The molecule has 0 saturated carbocycles. The highest BCUT2D eigenvalue weighted by atomic mass is 16.5. The molecule has 1 atom stereocenters. The molecule has 16 heavy (non-hydrogen) atoms. The van der Waals surface area contributed by atoms with Crippen LogP contribution in [0.25, 0.3) is 0 Å². The molecule has 0 aliphatic carbocycles. The van der Waals surface area contributed by atoms with Crippen LogP contribution in [0.1, 0.15) is 43.4 Å². The smallest absolute Gasteiger partial charge is 0.123 e. The van der Waals surface area contributed by atoms with Gasteiger partial charge in [0.15, 0.2) is 0 Å². The first-order chi connectivity index (χ1) is 7.60. The highest BCUT2D eigenvalue weighted by Crippen LogP contribution is 2.29. The number of hydrogen-bond acceptors (Lipinski definition) is 3. The van der Waals surface area contributed by atoms with Gasteiger partial charge in [0.2, 0.25) is 0 Å². The average molecular weight is 218 g/mol. The van der Waals surface area contributed by atoms with Crippen molar-refractivity contribution in [3.05, 3.63) is 29.3 Å². The fourth-order valence-electron chi connectivity index (χ4n) is 1.61. The zero-order valence-electron chi connectivity index (χ0n) is 10.0. The monoisotopic (exact) mass is 218 g/mol. The molecule has 1 aromatic rings. The second kappa shape index (κ2) is 5.53. The van der Waals surface area contributed by atoms with Crippen LogP contribution >= 0.6 is 0 Å². The molecular weight excluding hydrogens is 200 g/mol. The van der Waals surface area contributed by atoms with E-state index in [0.717, 1.165) is 11.3 Å². The molecule has 2 N–H and O–H groups in total. The Morgan fingerprint density at radius 3 is 2.62 bits per heavy atom. The number of nitrogens with zero attached hydrogens (tertiary/aromatic N) is 1. The van der Waals surface area contributed by atoms with E-state index in [1.165, 1.54) is 5.56 Å². The lowest BCUT2D eigenvalue weighted by molar-refractivity contribution is 0.405. The number of rotatable bonds is 4. The molecule has 0 unspecified atom stereocenters. The second-order valence-corrected chi connectivity index (χ2v) is 4.12. The molecule has 0 aliphatic rings. The van der Waals surface area contributed by atoms with E-state index in [9.17, 15) is 0 Å². The van der Waals surface area contributed by atoms with Gasteiger partial charge >= 0.3 is 0 Å². The molecule has 0 aliphatic heterocycles. The van der Waals surface area contributed by atoms with E-state index in [0.29, 0.717) is 12.3 Å². The standard InChI is InChI=1S/C13H18N2O/c1-9(2)10-4-5-13(16-3)11(8-10)12(15)6-7-14/h4-5,8-9,12H,6,15H2,1-3H3/t12-/m0/s1. The largest absolute Gasteiger partial charge is 0.496 e. The van der Waals surface area contributed by atoms with Gasteiger partial charge < -0.3 is 10.5 Å². The van der Waals surface area contributed by atoms with Crippen LogP contribution < -0.4 is 10.5 Å². The lowest BCUT2D eigenvalue weighted by atomic mass is 9.96. The van der Waals surface area contributed by atoms with Crippen LogP contribution in [0, 0.1) is 11.3 Å². The second-order valence-electron chi connectivity index (χ2n) is 4.12. The van der Waals surface area contributed by atoms with Crippen LogP contribution in [0.5, 0.6) is 5.75 Å². The van der Waals surface area contributed by atoms with E-state index in [1.807, 2.05) is 18.2 Å². The summed E-state index contributed by atoms with van der Waals surface area (Å²) < 4.78 is 5.26. The molecule has 86 valence electrons. The minimum Gasteiger partial charge on any atom is -0.496 e. The Balaban J connectivity index is 3.12. The molecular formula is C13H18N2O. The molecule has 3 nitrogen and oxygen atoms in total. The van der Waals surface area contributed by atoms with E-state index >= 15 is 0 Å². The summed E-state index contributed by atoms with van der Waals surface area (Å²) in [5, 5.41) is 8.67. The van der Waals surface area contributed by atoms with E-state index in [4.69, 9.17) is 15.7 Å². The third-order valence-electron chi connectivity index (χ3n) is 2.63. The molecule has 0 radical (unpaired) electrons. The predicted molar refractivity (Wildman–Crippen MR) is 64.2 cm³/mol. The van der Waals surface area contributed by atoms with Crippen LogP contribution in [-0.2, 0) is 0 Å². The van der Waals surface area contributed by atoms with Crippen molar-refractivity contribution in [1.82, 2.24) is 0 Å². The van der Waals surface area contributed by atoms with Crippen LogP contribution in [0.3, 0.4) is 0 Å². The highest BCUT2D eigenvalue weighted by molar-refractivity contribution is 5.40. The van der Waals surface area contributed by atoms with Crippen LogP contribution in [0.15, 0.2) is 18.2 Å². The van der Waals surface area contributed by atoms with E-state index in [2.05, 4.69) is 19.9 Å². The lowest BCUT2D eigenvalue weighted by Crippen LogP contribution is -2.11. The minimum atomic E-state index is -0.279. The van der Waals surface area contributed by atoms with Gasteiger partial charge in [-0.2, -0.15) is 5.26 Å². The summed E-state index contributed by atoms with van der Waals surface area (Å²) in [6, 6.07) is 7.79. The molecule has 0 bridgehead atoms. The van der Waals surface area contributed by atoms with Crippen LogP contribution in [0.4, 0.5) is 0 Å². The molecule has 0 fully saturated rings. The Morgan fingerprint density at radius 1 is 1.44 bits per heavy atom. The van der Waals surface area contributed by atoms with Crippen LogP contribution in [0.2, 0.25) is 0 Å². The zero-order valence-corrected chi connectivity index (χ0v) is 10.0. The van der Waals surface area contributed by atoms with E-state index in [-0.39, 0.29) is 6.04 Å². The van der Waals surface area contributed by atoms with Crippen molar-refractivity contribution in [2.24, 2.45) is 5.73 Å². The average Bonchev–Trinajstić information content (AvgIpc) is 2.28. The minimum absolute atomic E-state index is 0.279. The van der Waals surface area contributed by atoms with Gasteiger partial charge in [-0.3, -0.25) is 0 Å². The summed E-state index contributed by atoms with van der Waals surface area (Å²) in [4.78, 5) is 0. The normalized spacial score (nSPS) is 12.2. The third kappa shape index (κ3) is 2.74. The van der Waals surface area contributed by atoms with Gasteiger partial charge in [0, 0.05) is 11.6 Å². The quantitative estimate of drug-likeness (QED) is 0.845. The summed E-state index contributed by atoms with van der Waals surface area (Å²) in [7, 11) is 1.62. The van der Waals surface area contributed by atoms with Gasteiger partial charge in [-0.15, -0.1) is 0 Å². The molecule has 0 heterocycles. The van der Waals surface area contributed by atoms with Crippen molar-refractivity contribution in [3.8, 4) is 11.8 Å². The Morgan fingerprint density at radius 2 is 2.12 bits per heavy atom. The van der Waals surface area contributed by atoms with Gasteiger partial charge in [0.25, 0.3) is 0 Å². The Bertz CT molecular complexity index is 393. The fraction of sp³-hybridized carbons (Fsp3) is 0.462. The van der Waals surface area contributed by atoms with Gasteiger partial charge in [-0.1, -0.05) is 26.0 Å². The van der Waals surface area contributed by atoms with Crippen molar-refractivity contribution in [1.29, 1.82) is 5.26 Å². The van der Waals surface area contributed by atoms with Crippen LogP contribution in [-0.4, -0.2) is 7.11 Å². The maximum atomic E-state index is 8.67. The molecule has 0 aromatic heterocycles. The summed E-state index contributed by atoms with van der Waals surface area (Å²) in [5.41, 5.74) is 8.07. The van der Waals surface area contributed by atoms with Crippen molar-refractivity contribution in [3.63, 3.8) is 0 Å². The number of ether oxygens (including phenoxy) is 1. The Hall–Kier alpha value is -1.53. The number of methoxy groups -OCH3 is 1. The predicted octanol–water partition coefficient (Wildman–Crippen LogP) is 2.73.